The van der Waals surface area contributed by atoms with Gasteiger partial charge in [0.15, 0.2) is 5.82 Å². The van der Waals surface area contributed by atoms with Crippen LogP contribution < -0.4 is 15.8 Å². The Morgan fingerprint density at radius 1 is 1.09 bits per heavy atom. The summed E-state index contributed by atoms with van der Waals surface area (Å²) in [5, 5.41) is 8.77. The molecule has 1 aliphatic carbocycles. The summed E-state index contributed by atoms with van der Waals surface area (Å²) in [5.74, 6) is 0.813. The first kappa shape index (κ1) is 23.5. The number of hydrogen-bond donors (Lipinski definition) is 3. The monoisotopic (exact) mass is 511 g/mol. The molecule has 4 aromatic rings. The van der Waals surface area contributed by atoms with E-state index in [1.54, 1.807) is 36.1 Å². The Bertz CT molecular complexity index is 1480. The summed E-state index contributed by atoms with van der Waals surface area (Å²) in [6.45, 7) is 0. The van der Waals surface area contributed by atoms with E-state index in [1.807, 2.05) is 18.2 Å². The van der Waals surface area contributed by atoms with Gasteiger partial charge in [-0.3, -0.25) is 9.40 Å². The van der Waals surface area contributed by atoms with Crippen LogP contribution >= 0.6 is 11.6 Å². The molecule has 2 aromatic carbocycles. The summed E-state index contributed by atoms with van der Waals surface area (Å²) in [6, 6.07) is 14.4. The molecule has 1 aliphatic rings. The molecule has 0 amide bonds. The molecule has 0 bridgehead atoms. The zero-order valence-corrected chi connectivity index (χ0v) is 20.7. The van der Waals surface area contributed by atoms with Gasteiger partial charge in [-0.1, -0.05) is 29.8 Å². The van der Waals surface area contributed by atoms with Crippen LogP contribution in [-0.4, -0.2) is 40.2 Å². The Kier molecular flexibility index (Phi) is 6.35. The van der Waals surface area contributed by atoms with Gasteiger partial charge in [0.1, 0.15) is 4.90 Å². The SMILES string of the molecule is Cn1nc(NS(=O)(=O)c2ccccc2Cl)cc1-c1ccc2nc(N[C@H]3CC[C@H](N)CC3)ncc2c1. The van der Waals surface area contributed by atoms with Crippen molar-refractivity contribution in [1.82, 2.24) is 19.7 Å². The lowest BCUT2D eigenvalue weighted by Crippen LogP contribution is -2.33. The zero-order chi connectivity index (χ0) is 24.6. The maximum atomic E-state index is 12.8. The molecule has 0 aliphatic heterocycles. The summed E-state index contributed by atoms with van der Waals surface area (Å²) >= 11 is 6.07. The molecule has 2 aromatic heterocycles. The van der Waals surface area contributed by atoms with E-state index >= 15 is 0 Å². The Balaban J connectivity index is 1.36. The highest BCUT2D eigenvalue weighted by atomic mass is 35.5. The van der Waals surface area contributed by atoms with Crippen molar-refractivity contribution in [2.24, 2.45) is 12.8 Å². The third-order valence-electron chi connectivity index (χ3n) is 6.23. The van der Waals surface area contributed by atoms with E-state index in [1.165, 1.54) is 12.1 Å². The van der Waals surface area contributed by atoms with Crippen LogP contribution in [0.2, 0.25) is 5.02 Å². The van der Waals surface area contributed by atoms with Crippen molar-refractivity contribution in [3.05, 3.63) is 59.8 Å². The van der Waals surface area contributed by atoms with Gasteiger partial charge in [0.2, 0.25) is 5.95 Å². The molecule has 0 unspecified atom stereocenters. The number of hydrogen-bond acceptors (Lipinski definition) is 7. The lowest BCUT2D eigenvalue weighted by atomic mass is 9.92. The molecule has 2 heterocycles. The van der Waals surface area contributed by atoms with Gasteiger partial charge in [-0.25, -0.2) is 18.4 Å². The van der Waals surface area contributed by atoms with E-state index in [4.69, 9.17) is 17.3 Å². The number of halogens is 1. The second kappa shape index (κ2) is 9.44. The lowest BCUT2D eigenvalue weighted by Gasteiger charge is -2.26. The first-order valence-corrected chi connectivity index (χ1v) is 13.3. The molecule has 182 valence electrons. The summed E-state index contributed by atoms with van der Waals surface area (Å²) in [7, 11) is -2.12. The second-order valence-corrected chi connectivity index (χ2v) is 10.9. The molecule has 0 spiro atoms. The highest BCUT2D eigenvalue weighted by molar-refractivity contribution is 7.92. The average molecular weight is 512 g/mol. The summed E-state index contributed by atoms with van der Waals surface area (Å²) in [6.07, 6.45) is 5.85. The fourth-order valence-corrected chi connectivity index (χ4v) is 5.86. The van der Waals surface area contributed by atoms with Gasteiger partial charge >= 0.3 is 0 Å². The molecule has 0 atom stereocenters. The number of sulfonamides is 1. The van der Waals surface area contributed by atoms with Crippen molar-refractivity contribution in [1.29, 1.82) is 0 Å². The molecule has 35 heavy (non-hydrogen) atoms. The topological polar surface area (TPSA) is 128 Å². The number of nitrogens with one attached hydrogen (secondary N) is 2. The molecule has 5 rings (SSSR count). The largest absolute Gasteiger partial charge is 0.351 e. The fraction of sp³-hybridized carbons (Fsp3) is 0.292. The Morgan fingerprint density at radius 2 is 1.86 bits per heavy atom. The van der Waals surface area contributed by atoms with Crippen molar-refractivity contribution in [3.8, 4) is 11.3 Å². The van der Waals surface area contributed by atoms with E-state index in [2.05, 4.69) is 25.1 Å². The van der Waals surface area contributed by atoms with Crippen molar-refractivity contribution < 1.29 is 8.42 Å². The molecular formula is C24H26ClN7O2S. The minimum atomic E-state index is -3.88. The number of aromatic nitrogens is 4. The van der Waals surface area contributed by atoms with E-state index in [0.717, 1.165) is 47.8 Å². The fourth-order valence-electron chi connectivity index (χ4n) is 4.35. The van der Waals surface area contributed by atoms with Gasteiger partial charge in [0, 0.05) is 42.3 Å². The van der Waals surface area contributed by atoms with Crippen LogP contribution in [0.5, 0.6) is 0 Å². The van der Waals surface area contributed by atoms with Crippen LogP contribution in [0, 0.1) is 0 Å². The lowest BCUT2D eigenvalue weighted by molar-refractivity contribution is 0.410. The first-order valence-electron chi connectivity index (χ1n) is 11.4. The predicted molar refractivity (Wildman–Crippen MR) is 138 cm³/mol. The minimum absolute atomic E-state index is 0.00258. The summed E-state index contributed by atoms with van der Waals surface area (Å²) in [5.41, 5.74) is 8.42. The number of anilines is 2. The van der Waals surface area contributed by atoms with Crippen LogP contribution in [0.1, 0.15) is 25.7 Å². The van der Waals surface area contributed by atoms with Gasteiger partial charge in [0.05, 0.1) is 16.2 Å². The number of nitrogens with zero attached hydrogens (tertiary/aromatic N) is 4. The third-order valence-corrected chi connectivity index (χ3v) is 8.08. The van der Waals surface area contributed by atoms with Gasteiger partial charge in [-0.2, -0.15) is 5.10 Å². The van der Waals surface area contributed by atoms with Crippen molar-refractivity contribution >= 4 is 44.3 Å². The number of aryl methyl sites for hydroxylation is 1. The van der Waals surface area contributed by atoms with Crippen LogP contribution in [0.4, 0.5) is 11.8 Å². The zero-order valence-electron chi connectivity index (χ0n) is 19.1. The minimum Gasteiger partial charge on any atom is -0.351 e. The molecule has 0 radical (unpaired) electrons. The normalized spacial score (nSPS) is 18.5. The van der Waals surface area contributed by atoms with E-state index in [0.29, 0.717) is 18.0 Å². The van der Waals surface area contributed by atoms with Gasteiger partial charge in [0.25, 0.3) is 10.0 Å². The van der Waals surface area contributed by atoms with E-state index in [9.17, 15) is 8.42 Å². The maximum Gasteiger partial charge on any atom is 0.264 e. The molecule has 1 saturated carbocycles. The van der Waals surface area contributed by atoms with E-state index < -0.39 is 10.0 Å². The highest BCUT2D eigenvalue weighted by Gasteiger charge is 2.21. The van der Waals surface area contributed by atoms with Crippen molar-refractivity contribution in [2.75, 3.05) is 10.0 Å². The Hall–Kier alpha value is -3.21. The molecule has 0 saturated heterocycles. The molecule has 9 nitrogen and oxygen atoms in total. The standard InChI is InChI=1S/C24H26ClN7O2S/c1-32-21(13-23(30-32)31-35(33,34)22-5-3-2-4-19(22)25)15-6-11-20-16(12-15)14-27-24(29-20)28-18-9-7-17(26)8-10-18/h2-6,11-14,17-18H,7-10,26H2,1H3,(H,30,31)(H,27,28,29)/t17-,18-. The van der Waals surface area contributed by atoms with Crippen molar-refractivity contribution in [3.63, 3.8) is 0 Å². The number of fused-ring (bicyclic) bond motifs is 1. The van der Waals surface area contributed by atoms with Crippen LogP contribution in [-0.2, 0) is 17.1 Å². The van der Waals surface area contributed by atoms with Crippen LogP contribution in [0.3, 0.4) is 0 Å². The van der Waals surface area contributed by atoms with Gasteiger partial charge < -0.3 is 11.1 Å². The second-order valence-electron chi connectivity index (χ2n) is 8.80. The van der Waals surface area contributed by atoms with Gasteiger partial charge in [-0.05, 0) is 49.9 Å². The first-order chi connectivity index (χ1) is 16.8. The van der Waals surface area contributed by atoms with Crippen LogP contribution in [0.25, 0.3) is 22.2 Å². The predicted octanol–water partition coefficient (Wildman–Crippen LogP) is 4.17. The molecule has 11 heteroatoms. The molecular weight excluding hydrogens is 486 g/mol. The van der Waals surface area contributed by atoms with Gasteiger partial charge in [-0.15, -0.1) is 0 Å². The third kappa shape index (κ3) is 5.09. The maximum absolute atomic E-state index is 12.8. The average Bonchev–Trinajstić information content (AvgIpc) is 3.19. The summed E-state index contributed by atoms with van der Waals surface area (Å²) < 4.78 is 29.7. The molecule has 1 fully saturated rings. The Morgan fingerprint density at radius 3 is 2.63 bits per heavy atom. The number of benzene rings is 2. The number of rotatable bonds is 6. The van der Waals surface area contributed by atoms with E-state index in [-0.39, 0.29) is 15.7 Å². The Labute approximate surface area is 208 Å². The smallest absolute Gasteiger partial charge is 0.264 e. The number of nitrogens with two attached hydrogens (primary N) is 1. The quantitative estimate of drug-likeness (QED) is 0.354. The van der Waals surface area contributed by atoms with Crippen LogP contribution in [0.15, 0.2) is 59.6 Å². The molecule has 4 N–H and O–H groups in total. The summed E-state index contributed by atoms with van der Waals surface area (Å²) in [4.78, 5) is 9.15. The van der Waals surface area contributed by atoms with Crippen molar-refractivity contribution in [2.45, 2.75) is 42.7 Å². The highest BCUT2D eigenvalue weighted by Crippen LogP contribution is 2.28.